The van der Waals surface area contributed by atoms with Crippen LogP contribution in [-0.2, 0) is 11.3 Å². The zero-order valence-electron chi connectivity index (χ0n) is 13.8. The highest BCUT2D eigenvalue weighted by Gasteiger charge is 2.31. The van der Waals surface area contributed by atoms with E-state index in [0.717, 1.165) is 25.7 Å². The van der Waals surface area contributed by atoms with Gasteiger partial charge in [-0.2, -0.15) is 0 Å². The molecule has 1 fully saturated rings. The monoisotopic (exact) mass is 324 g/mol. The maximum absolute atomic E-state index is 12.3. The summed E-state index contributed by atoms with van der Waals surface area (Å²) in [4.78, 5) is 15.6. The summed E-state index contributed by atoms with van der Waals surface area (Å²) in [6.07, 6.45) is 3.76. The molecule has 0 spiro atoms. The zero-order chi connectivity index (χ0) is 16.1. The molecule has 22 heavy (non-hydrogen) atoms. The third-order valence-electron chi connectivity index (χ3n) is 4.52. The lowest BCUT2D eigenvalue weighted by Crippen LogP contribution is -2.52. The second kappa shape index (κ2) is 8.09. The number of amides is 1. The minimum atomic E-state index is -0.302. The van der Waals surface area contributed by atoms with Crippen molar-refractivity contribution in [2.24, 2.45) is 0 Å². The topological polar surface area (TPSA) is 52.6 Å². The Morgan fingerprint density at radius 2 is 2.18 bits per heavy atom. The number of aliphatic hydroxyl groups excluding tert-OH is 1. The van der Waals surface area contributed by atoms with Gasteiger partial charge in [-0.1, -0.05) is 12.8 Å². The Hall–Kier alpha value is -0.910. The highest BCUT2D eigenvalue weighted by molar-refractivity contribution is 7.10. The van der Waals surface area contributed by atoms with Crippen LogP contribution in [-0.4, -0.2) is 40.6 Å². The number of hydrogen-bond acceptors (Lipinski definition) is 4. The maximum atomic E-state index is 12.3. The van der Waals surface area contributed by atoms with E-state index in [4.69, 9.17) is 0 Å². The van der Waals surface area contributed by atoms with Gasteiger partial charge in [-0.15, -0.1) is 11.3 Å². The van der Waals surface area contributed by atoms with Gasteiger partial charge in [-0.05, 0) is 50.6 Å². The maximum Gasteiger partial charge on any atom is 0.234 e. The predicted octanol–water partition coefficient (Wildman–Crippen LogP) is 2.69. The van der Waals surface area contributed by atoms with Crippen LogP contribution in [0.3, 0.4) is 0 Å². The van der Waals surface area contributed by atoms with Gasteiger partial charge in [0.2, 0.25) is 5.91 Å². The first-order chi connectivity index (χ1) is 10.5. The Balaban J connectivity index is 1.90. The molecule has 1 amide bonds. The van der Waals surface area contributed by atoms with E-state index in [9.17, 15) is 9.90 Å². The highest BCUT2D eigenvalue weighted by Crippen LogP contribution is 2.24. The van der Waals surface area contributed by atoms with Crippen molar-refractivity contribution in [1.82, 2.24) is 10.2 Å². The number of carbonyl (C=O) groups excluding carboxylic acids is 1. The van der Waals surface area contributed by atoms with Crippen LogP contribution in [0.4, 0.5) is 0 Å². The highest BCUT2D eigenvalue weighted by atomic mass is 32.1. The molecule has 124 valence electrons. The van der Waals surface area contributed by atoms with Crippen molar-refractivity contribution >= 4 is 17.2 Å². The Morgan fingerprint density at radius 1 is 1.45 bits per heavy atom. The molecule has 2 N–H and O–H groups in total. The van der Waals surface area contributed by atoms with E-state index in [1.54, 1.807) is 11.3 Å². The first-order valence-electron chi connectivity index (χ1n) is 8.22. The molecule has 5 heteroatoms. The summed E-state index contributed by atoms with van der Waals surface area (Å²) in [5, 5.41) is 15.3. The number of hydrogen-bond donors (Lipinski definition) is 2. The smallest absolute Gasteiger partial charge is 0.234 e. The number of aliphatic hydroxyl groups is 1. The molecule has 1 aromatic rings. The molecular formula is C17H28N2O2S. The van der Waals surface area contributed by atoms with Gasteiger partial charge in [-0.3, -0.25) is 9.69 Å². The molecule has 2 rings (SSSR count). The second-order valence-corrected chi connectivity index (χ2v) is 7.49. The van der Waals surface area contributed by atoms with Gasteiger partial charge in [0.15, 0.2) is 0 Å². The minimum Gasteiger partial charge on any atom is -0.391 e. The standard InChI is InChI=1S/C17H28N2O2S/c1-12(2)19(14-6-4-5-7-15(14)20)11-17(21)18-10-16-13(3)8-9-22-16/h8-9,12,14-15,20H,4-7,10-11H2,1-3H3,(H,18,21)/t14-,15+/m1/s1. The molecule has 0 aliphatic heterocycles. The van der Waals surface area contributed by atoms with Gasteiger partial charge in [0.05, 0.1) is 19.2 Å². The molecule has 2 atom stereocenters. The third-order valence-corrected chi connectivity index (χ3v) is 5.55. The average molecular weight is 324 g/mol. The molecule has 1 aliphatic carbocycles. The van der Waals surface area contributed by atoms with Crippen molar-refractivity contribution < 1.29 is 9.90 Å². The lowest BCUT2D eigenvalue weighted by molar-refractivity contribution is -0.124. The van der Waals surface area contributed by atoms with Gasteiger partial charge in [0, 0.05) is 17.0 Å². The van der Waals surface area contributed by atoms with Crippen molar-refractivity contribution in [3.8, 4) is 0 Å². The number of rotatable bonds is 6. The van der Waals surface area contributed by atoms with Crippen molar-refractivity contribution in [3.63, 3.8) is 0 Å². The van der Waals surface area contributed by atoms with E-state index >= 15 is 0 Å². The predicted molar refractivity (Wildman–Crippen MR) is 91.0 cm³/mol. The normalized spacial score (nSPS) is 22.3. The Morgan fingerprint density at radius 3 is 2.77 bits per heavy atom. The van der Waals surface area contributed by atoms with Crippen LogP contribution in [0.25, 0.3) is 0 Å². The summed E-state index contributed by atoms with van der Waals surface area (Å²) >= 11 is 1.68. The van der Waals surface area contributed by atoms with E-state index in [2.05, 4.69) is 42.4 Å². The minimum absolute atomic E-state index is 0.0410. The van der Waals surface area contributed by atoms with Crippen LogP contribution in [0.1, 0.15) is 50.0 Å². The largest absolute Gasteiger partial charge is 0.391 e. The quantitative estimate of drug-likeness (QED) is 0.846. The van der Waals surface area contributed by atoms with Crippen LogP contribution in [0.15, 0.2) is 11.4 Å². The van der Waals surface area contributed by atoms with Gasteiger partial charge >= 0.3 is 0 Å². The van der Waals surface area contributed by atoms with Crippen molar-refractivity contribution in [2.75, 3.05) is 6.54 Å². The molecule has 0 radical (unpaired) electrons. The molecule has 0 bridgehead atoms. The summed E-state index contributed by atoms with van der Waals surface area (Å²) < 4.78 is 0. The van der Waals surface area contributed by atoms with Crippen LogP contribution in [0.5, 0.6) is 0 Å². The van der Waals surface area contributed by atoms with Crippen molar-refractivity contribution in [1.29, 1.82) is 0 Å². The Kier molecular flexibility index (Phi) is 6.41. The summed E-state index contributed by atoms with van der Waals surface area (Å²) in [6, 6.07) is 2.44. The molecular weight excluding hydrogens is 296 g/mol. The van der Waals surface area contributed by atoms with E-state index in [0.29, 0.717) is 13.1 Å². The molecule has 1 aliphatic rings. The van der Waals surface area contributed by atoms with Gasteiger partial charge in [-0.25, -0.2) is 0 Å². The zero-order valence-corrected chi connectivity index (χ0v) is 14.7. The molecule has 1 saturated carbocycles. The van der Waals surface area contributed by atoms with Crippen molar-refractivity contribution in [3.05, 3.63) is 21.9 Å². The summed E-state index contributed by atoms with van der Waals surface area (Å²) in [6.45, 7) is 7.22. The average Bonchev–Trinajstić information content (AvgIpc) is 2.88. The van der Waals surface area contributed by atoms with Gasteiger partial charge in [0.1, 0.15) is 0 Å². The van der Waals surface area contributed by atoms with E-state index in [1.807, 2.05) is 0 Å². The first-order valence-corrected chi connectivity index (χ1v) is 9.10. The summed E-state index contributed by atoms with van der Waals surface area (Å²) in [7, 11) is 0. The summed E-state index contributed by atoms with van der Waals surface area (Å²) in [5.41, 5.74) is 1.23. The van der Waals surface area contributed by atoms with Crippen LogP contribution >= 0.6 is 11.3 Å². The number of aryl methyl sites for hydroxylation is 1. The Labute approximate surface area is 137 Å². The fraction of sp³-hybridized carbons (Fsp3) is 0.706. The Bertz CT molecular complexity index is 487. The van der Waals surface area contributed by atoms with Crippen LogP contribution < -0.4 is 5.32 Å². The first kappa shape index (κ1) is 17.4. The molecule has 1 heterocycles. The summed E-state index contributed by atoms with van der Waals surface area (Å²) in [5.74, 6) is 0.0410. The van der Waals surface area contributed by atoms with Gasteiger partial charge in [0.25, 0.3) is 0 Å². The number of nitrogens with one attached hydrogen (secondary N) is 1. The molecule has 4 nitrogen and oxygen atoms in total. The third kappa shape index (κ3) is 4.54. The fourth-order valence-corrected chi connectivity index (χ4v) is 3.99. The van der Waals surface area contributed by atoms with E-state index in [-0.39, 0.29) is 24.1 Å². The molecule has 0 aromatic carbocycles. The van der Waals surface area contributed by atoms with Gasteiger partial charge < -0.3 is 10.4 Å². The van der Waals surface area contributed by atoms with Crippen LogP contribution in [0.2, 0.25) is 0 Å². The number of nitrogens with zero attached hydrogens (tertiary/aromatic N) is 1. The SMILES string of the molecule is Cc1ccsc1CNC(=O)CN(C(C)C)[C@@H]1CCCC[C@@H]1O. The fourth-order valence-electron chi connectivity index (χ4n) is 3.15. The molecule has 1 aromatic heterocycles. The number of carbonyl (C=O) groups is 1. The molecule has 0 saturated heterocycles. The second-order valence-electron chi connectivity index (χ2n) is 6.49. The molecule has 0 unspecified atom stereocenters. The van der Waals surface area contributed by atoms with Crippen molar-refractivity contribution in [2.45, 2.75) is 71.2 Å². The number of thiophene rings is 1. The van der Waals surface area contributed by atoms with Crippen LogP contribution in [0, 0.1) is 6.92 Å². The lowest BCUT2D eigenvalue weighted by atomic mass is 9.90. The van der Waals surface area contributed by atoms with E-state index < -0.39 is 0 Å². The lowest BCUT2D eigenvalue weighted by Gasteiger charge is -2.39. The van der Waals surface area contributed by atoms with E-state index in [1.165, 1.54) is 10.4 Å².